The quantitative estimate of drug-likeness (QED) is 0.794. The van der Waals surface area contributed by atoms with Crippen LogP contribution < -0.4 is 0 Å². The lowest BCUT2D eigenvalue weighted by atomic mass is 10.0. The summed E-state index contributed by atoms with van der Waals surface area (Å²) in [7, 11) is -3.40. The van der Waals surface area contributed by atoms with Crippen LogP contribution >= 0.6 is 0 Å². The van der Waals surface area contributed by atoms with Crippen molar-refractivity contribution in [3.05, 3.63) is 35.9 Å². The van der Waals surface area contributed by atoms with Gasteiger partial charge in [0.1, 0.15) is 0 Å². The van der Waals surface area contributed by atoms with E-state index >= 15 is 0 Å². The second kappa shape index (κ2) is 7.93. The Morgan fingerprint density at radius 3 is 2.61 bits per heavy atom. The van der Waals surface area contributed by atoms with Crippen molar-refractivity contribution in [2.75, 3.05) is 32.4 Å². The molecule has 1 saturated heterocycles. The molecule has 23 heavy (non-hydrogen) atoms. The average Bonchev–Trinajstić information content (AvgIpc) is 2.51. The number of likely N-dealkylation sites (tertiary alicyclic amines) is 1. The summed E-state index contributed by atoms with van der Waals surface area (Å²) >= 11 is 0. The van der Waals surface area contributed by atoms with Crippen molar-refractivity contribution < 1.29 is 13.2 Å². The monoisotopic (exact) mass is 338 g/mol. The average molecular weight is 338 g/mol. The van der Waals surface area contributed by atoms with E-state index in [0.29, 0.717) is 18.9 Å². The van der Waals surface area contributed by atoms with Gasteiger partial charge in [-0.05, 0) is 30.7 Å². The summed E-state index contributed by atoms with van der Waals surface area (Å²) in [5, 5.41) is 0. The van der Waals surface area contributed by atoms with Gasteiger partial charge in [0.15, 0.2) is 0 Å². The fourth-order valence-electron chi connectivity index (χ4n) is 2.93. The highest BCUT2D eigenvalue weighted by Gasteiger charge is 2.26. The minimum absolute atomic E-state index is 0.0572. The van der Waals surface area contributed by atoms with E-state index in [1.54, 1.807) is 4.90 Å². The molecule has 1 aromatic rings. The molecule has 0 spiro atoms. The second-order valence-electron chi connectivity index (χ2n) is 6.42. The fourth-order valence-corrected chi connectivity index (χ4v) is 3.70. The molecule has 1 aliphatic heterocycles. The standard InChI is InChI=1S/C17H26N2O3S/c1-15-7-6-11-18(13-15)17(20)14-19(23(2,21)22)12-10-16-8-4-3-5-9-16/h3-5,8-9,15H,6-7,10-14H2,1-2H3. The normalized spacial score (nSPS) is 19.1. The molecular weight excluding hydrogens is 312 g/mol. The predicted octanol–water partition coefficient (Wildman–Crippen LogP) is 1.75. The minimum Gasteiger partial charge on any atom is -0.341 e. The van der Waals surface area contributed by atoms with Crippen molar-refractivity contribution in [3.8, 4) is 0 Å². The molecule has 0 radical (unpaired) electrons. The summed E-state index contributed by atoms with van der Waals surface area (Å²) in [5.41, 5.74) is 1.07. The Bertz CT molecular complexity index is 616. The third-order valence-electron chi connectivity index (χ3n) is 4.28. The minimum atomic E-state index is -3.40. The van der Waals surface area contributed by atoms with Gasteiger partial charge in [0.25, 0.3) is 0 Å². The highest BCUT2D eigenvalue weighted by Crippen LogP contribution is 2.16. The van der Waals surface area contributed by atoms with E-state index in [4.69, 9.17) is 0 Å². The molecule has 128 valence electrons. The molecule has 1 atom stereocenters. The number of benzene rings is 1. The van der Waals surface area contributed by atoms with Crippen LogP contribution in [0.5, 0.6) is 0 Å². The zero-order valence-electron chi connectivity index (χ0n) is 13.9. The Kier molecular flexibility index (Phi) is 6.18. The van der Waals surface area contributed by atoms with Crippen LogP contribution in [0.25, 0.3) is 0 Å². The van der Waals surface area contributed by atoms with Crippen LogP contribution in [-0.4, -0.2) is 56.0 Å². The molecule has 0 aromatic heterocycles. The van der Waals surface area contributed by atoms with E-state index in [2.05, 4.69) is 6.92 Å². The Morgan fingerprint density at radius 1 is 1.30 bits per heavy atom. The smallest absolute Gasteiger partial charge is 0.237 e. The van der Waals surface area contributed by atoms with Gasteiger partial charge in [0.2, 0.25) is 15.9 Å². The highest BCUT2D eigenvalue weighted by molar-refractivity contribution is 7.88. The summed E-state index contributed by atoms with van der Waals surface area (Å²) in [6.07, 6.45) is 3.91. The molecule has 1 heterocycles. The number of sulfonamides is 1. The van der Waals surface area contributed by atoms with Gasteiger partial charge in [-0.15, -0.1) is 0 Å². The largest absolute Gasteiger partial charge is 0.341 e. The molecule has 6 heteroatoms. The predicted molar refractivity (Wildman–Crippen MR) is 91.5 cm³/mol. The van der Waals surface area contributed by atoms with E-state index in [0.717, 1.165) is 31.5 Å². The van der Waals surface area contributed by atoms with Gasteiger partial charge in [0, 0.05) is 19.6 Å². The molecule has 0 saturated carbocycles. The summed E-state index contributed by atoms with van der Waals surface area (Å²) in [5.74, 6) is 0.402. The van der Waals surface area contributed by atoms with E-state index in [9.17, 15) is 13.2 Å². The Labute approximate surface area is 139 Å². The van der Waals surface area contributed by atoms with E-state index in [-0.39, 0.29) is 12.5 Å². The van der Waals surface area contributed by atoms with Gasteiger partial charge in [-0.25, -0.2) is 8.42 Å². The van der Waals surface area contributed by atoms with Crippen molar-refractivity contribution >= 4 is 15.9 Å². The van der Waals surface area contributed by atoms with Gasteiger partial charge in [-0.3, -0.25) is 4.79 Å². The zero-order valence-corrected chi connectivity index (χ0v) is 14.8. The number of amides is 1. The van der Waals surface area contributed by atoms with Crippen molar-refractivity contribution in [1.29, 1.82) is 0 Å². The third kappa shape index (κ3) is 5.62. The topological polar surface area (TPSA) is 57.7 Å². The first-order valence-electron chi connectivity index (χ1n) is 8.13. The van der Waals surface area contributed by atoms with Crippen molar-refractivity contribution in [2.24, 2.45) is 5.92 Å². The van der Waals surface area contributed by atoms with Crippen molar-refractivity contribution in [1.82, 2.24) is 9.21 Å². The maximum atomic E-state index is 12.4. The first-order chi connectivity index (χ1) is 10.9. The number of hydrogen-bond donors (Lipinski definition) is 0. The van der Waals surface area contributed by atoms with Crippen LogP contribution in [0, 0.1) is 5.92 Å². The number of hydrogen-bond acceptors (Lipinski definition) is 3. The molecule has 2 rings (SSSR count). The second-order valence-corrected chi connectivity index (χ2v) is 8.40. The summed E-state index contributed by atoms with van der Waals surface area (Å²) in [6, 6.07) is 9.73. The van der Waals surface area contributed by atoms with Crippen LogP contribution in [-0.2, 0) is 21.2 Å². The first-order valence-corrected chi connectivity index (χ1v) is 9.98. The van der Waals surface area contributed by atoms with Crippen LogP contribution in [0.15, 0.2) is 30.3 Å². The first kappa shape index (κ1) is 17.9. The number of carbonyl (C=O) groups excluding carboxylic acids is 1. The highest BCUT2D eigenvalue weighted by atomic mass is 32.2. The number of piperidine rings is 1. The molecular formula is C17H26N2O3S. The SMILES string of the molecule is CC1CCCN(C(=O)CN(CCc2ccccc2)S(C)(=O)=O)C1. The van der Waals surface area contributed by atoms with Crippen molar-refractivity contribution in [3.63, 3.8) is 0 Å². The Hall–Kier alpha value is -1.40. The molecule has 5 nitrogen and oxygen atoms in total. The Balaban J connectivity index is 1.97. The van der Waals surface area contributed by atoms with Crippen molar-refractivity contribution in [2.45, 2.75) is 26.2 Å². The lowest BCUT2D eigenvalue weighted by molar-refractivity contribution is -0.133. The maximum Gasteiger partial charge on any atom is 0.237 e. The van der Waals surface area contributed by atoms with E-state index in [1.165, 1.54) is 10.6 Å². The van der Waals surface area contributed by atoms with Gasteiger partial charge in [-0.1, -0.05) is 37.3 Å². The fraction of sp³-hybridized carbons (Fsp3) is 0.588. The summed E-state index contributed by atoms with van der Waals surface area (Å²) in [6.45, 7) is 3.87. The molecule has 1 unspecified atom stereocenters. The zero-order chi connectivity index (χ0) is 16.9. The van der Waals surface area contributed by atoms with Gasteiger partial charge >= 0.3 is 0 Å². The van der Waals surface area contributed by atoms with Gasteiger partial charge < -0.3 is 4.90 Å². The molecule has 1 aliphatic rings. The number of nitrogens with zero attached hydrogens (tertiary/aromatic N) is 2. The third-order valence-corrected chi connectivity index (χ3v) is 5.53. The molecule has 1 fully saturated rings. The van der Waals surface area contributed by atoms with Crippen LogP contribution in [0.1, 0.15) is 25.3 Å². The van der Waals surface area contributed by atoms with Gasteiger partial charge in [0.05, 0.1) is 12.8 Å². The lowest BCUT2D eigenvalue weighted by Gasteiger charge is -2.32. The lowest BCUT2D eigenvalue weighted by Crippen LogP contribution is -2.46. The molecule has 1 aromatic carbocycles. The molecule has 1 amide bonds. The summed E-state index contributed by atoms with van der Waals surface area (Å²) in [4.78, 5) is 14.2. The molecule has 0 bridgehead atoms. The Morgan fingerprint density at radius 2 is 2.00 bits per heavy atom. The number of rotatable bonds is 6. The molecule has 0 aliphatic carbocycles. The number of carbonyl (C=O) groups is 1. The maximum absolute atomic E-state index is 12.4. The van der Waals surface area contributed by atoms with E-state index in [1.807, 2.05) is 30.3 Å². The summed E-state index contributed by atoms with van der Waals surface area (Å²) < 4.78 is 25.3. The van der Waals surface area contributed by atoms with Crippen LogP contribution in [0.2, 0.25) is 0 Å². The van der Waals surface area contributed by atoms with Crippen LogP contribution in [0.3, 0.4) is 0 Å². The van der Waals surface area contributed by atoms with Crippen LogP contribution in [0.4, 0.5) is 0 Å². The van der Waals surface area contributed by atoms with Gasteiger partial charge in [-0.2, -0.15) is 4.31 Å². The molecule has 0 N–H and O–H groups in total. The van der Waals surface area contributed by atoms with E-state index < -0.39 is 10.0 Å².